The van der Waals surface area contributed by atoms with Gasteiger partial charge in [0.05, 0.1) is 5.52 Å². The third-order valence-corrected chi connectivity index (χ3v) is 4.24. The van der Waals surface area contributed by atoms with Gasteiger partial charge in [-0.1, -0.05) is 18.2 Å². The predicted octanol–water partition coefficient (Wildman–Crippen LogP) is 4.81. The maximum atomic E-state index is 12.4. The Labute approximate surface area is 156 Å². The molecule has 4 N–H and O–H groups in total. The zero-order valence-electron chi connectivity index (χ0n) is 14.5. The fraction of sp³-hybridized carbons (Fsp3) is 0. The van der Waals surface area contributed by atoms with Gasteiger partial charge >= 0.3 is 0 Å². The van der Waals surface area contributed by atoms with Gasteiger partial charge in [-0.05, 0) is 60.7 Å². The number of anilines is 4. The van der Waals surface area contributed by atoms with Crippen molar-refractivity contribution < 1.29 is 4.79 Å². The minimum Gasteiger partial charge on any atom is -0.399 e. The lowest BCUT2D eigenvalue weighted by molar-refractivity contribution is 0.102. The largest absolute Gasteiger partial charge is 0.399 e. The summed E-state index contributed by atoms with van der Waals surface area (Å²) in [4.78, 5) is 16.7. The van der Waals surface area contributed by atoms with Crippen LogP contribution < -0.4 is 16.4 Å². The van der Waals surface area contributed by atoms with Crippen molar-refractivity contribution in [1.82, 2.24) is 4.98 Å². The Morgan fingerprint density at radius 2 is 1.52 bits per heavy atom. The first-order chi connectivity index (χ1) is 13.2. The molecule has 132 valence electrons. The second-order valence-corrected chi connectivity index (χ2v) is 6.15. The van der Waals surface area contributed by atoms with Gasteiger partial charge < -0.3 is 16.4 Å². The lowest BCUT2D eigenvalue weighted by Gasteiger charge is -2.10. The van der Waals surface area contributed by atoms with Crippen molar-refractivity contribution in [2.75, 3.05) is 16.4 Å². The summed E-state index contributed by atoms with van der Waals surface area (Å²) < 4.78 is 0. The number of carbonyl (C=O) groups excluding carboxylic acids is 1. The summed E-state index contributed by atoms with van der Waals surface area (Å²) in [6, 6.07) is 24.3. The molecule has 0 bridgehead atoms. The smallest absolute Gasteiger partial charge is 0.255 e. The molecule has 27 heavy (non-hydrogen) atoms. The van der Waals surface area contributed by atoms with Gasteiger partial charge in [0.25, 0.3) is 5.91 Å². The van der Waals surface area contributed by atoms with Crippen molar-refractivity contribution >= 4 is 39.6 Å². The fourth-order valence-electron chi connectivity index (χ4n) is 2.84. The monoisotopic (exact) mass is 354 g/mol. The van der Waals surface area contributed by atoms with Gasteiger partial charge in [0, 0.05) is 39.9 Å². The van der Waals surface area contributed by atoms with E-state index in [-0.39, 0.29) is 5.91 Å². The van der Waals surface area contributed by atoms with E-state index in [0.717, 1.165) is 22.3 Å². The minimum absolute atomic E-state index is 0.166. The average molecular weight is 354 g/mol. The molecule has 1 aromatic heterocycles. The fourth-order valence-corrected chi connectivity index (χ4v) is 2.84. The van der Waals surface area contributed by atoms with Crippen LogP contribution in [0.4, 0.5) is 22.7 Å². The number of fused-ring (bicyclic) bond motifs is 1. The molecular formula is C22H18N4O. The molecule has 4 aromatic rings. The quantitative estimate of drug-likeness (QED) is 0.459. The SMILES string of the molecule is Nc1ccc(NC(=O)c2ccc(Nc3ccnc4ccccc34)cc2)cc1. The lowest BCUT2D eigenvalue weighted by atomic mass is 10.1. The molecule has 0 saturated heterocycles. The molecule has 0 spiro atoms. The van der Waals surface area contributed by atoms with E-state index >= 15 is 0 Å². The molecule has 0 radical (unpaired) electrons. The number of rotatable bonds is 4. The van der Waals surface area contributed by atoms with E-state index in [1.54, 1.807) is 42.6 Å². The molecule has 1 amide bonds. The van der Waals surface area contributed by atoms with Gasteiger partial charge in [-0.3, -0.25) is 9.78 Å². The van der Waals surface area contributed by atoms with E-state index in [2.05, 4.69) is 15.6 Å². The van der Waals surface area contributed by atoms with Gasteiger partial charge in [0.1, 0.15) is 0 Å². The summed E-state index contributed by atoms with van der Waals surface area (Å²) in [6.45, 7) is 0. The minimum atomic E-state index is -0.166. The number of nitrogen functional groups attached to an aromatic ring is 1. The average Bonchev–Trinajstić information content (AvgIpc) is 2.70. The topological polar surface area (TPSA) is 80.0 Å². The number of nitrogens with zero attached hydrogens (tertiary/aromatic N) is 1. The highest BCUT2D eigenvalue weighted by molar-refractivity contribution is 6.04. The first kappa shape index (κ1) is 16.6. The highest BCUT2D eigenvalue weighted by Crippen LogP contribution is 2.25. The number of amides is 1. The Hall–Kier alpha value is -3.86. The number of hydrogen-bond donors (Lipinski definition) is 3. The van der Waals surface area contributed by atoms with Gasteiger partial charge in [-0.2, -0.15) is 0 Å². The maximum Gasteiger partial charge on any atom is 0.255 e. The molecule has 0 aliphatic carbocycles. The summed E-state index contributed by atoms with van der Waals surface area (Å²) >= 11 is 0. The van der Waals surface area contributed by atoms with Crippen LogP contribution in [0.3, 0.4) is 0 Å². The molecular weight excluding hydrogens is 336 g/mol. The van der Waals surface area contributed by atoms with Crippen molar-refractivity contribution in [3.63, 3.8) is 0 Å². The van der Waals surface area contributed by atoms with Crippen molar-refractivity contribution in [3.8, 4) is 0 Å². The second kappa shape index (κ2) is 7.17. The van der Waals surface area contributed by atoms with Gasteiger partial charge in [0.2, 0.25) is 0 Å². The van der Waals surface area contributed by atoms with E-state index in [9.17, 15) is 4.79 Å². The highest BCUT2D eigenvalue weighted by Gasteiger charge is 2.07. The molecule has 3 aromatic carbocycles. The highest BCUT2D eigenvalue weighted by atomic mass is 16.1. The van der Waals surface area contributed by atoms with Gasteiger partial charge in [-0.15, -0.1) is 0 Å². The van der Waals surface area contributed by atoms with E-state index < -0.39 is 0 Å². The van der Waals surface area contributed by atoms with Crippen LogP contribution >= 0.6 is 0 Å². The first-order valence-electron chi connectivity index (χ1n) is 8.57. The van der Waals surface area contributed by atoms with Crippen LogP contribution in [0.25, 0.3) is 10.9 Å². The van der Waals surface area contributed by atoms with Crippen LogP contribution in [0.2, 0.25) is 0 Å². The van der Waals surface area contributed by atoms with Crippen molar-refractivity contribution in [2.45, 2.75) is 0 Å². The molecule has 0 aliphatic rings. The lowest BCUT2D eigenvalue weighted by Crippen LogP contribution is -2.11. The number of pyridine rings is 1. The third-order valence-electron chi connectivity index (χ3n) is 4.24. The van der Waals surface area contributed by atoms with Crippen LogP contribution in [0.15, 0.2) is 85.1 Å². The zero-order valence-corrected chi connectivity index (χ0v) is 14.5. The molecule has 4 rings (SSSR count). The molecule has 1 heterocycles. The Bertz CT molecular complexity index is 1080. The second-order valence-electron chi connectivity index (χ2n) is 6.15. The summed E-state index contributed by atoms with van der Waals surface area (Å²) in [5, 5.41) is 7.29. The molecule has 5 nitrogen and oxygen atoms in total. The number of hydrogen-bond acceptors (Lipinski definition) is 4. The molecule has 0 aliphatic heterocycles. The molecule has 0 fully saturated rings. The van der Waals surface area contributed by atoms with Gasteiger partial charge in [-0.25, -0.2) is 0 Å². The number of benzene rings is 3. The zero-order chi connectivity index (χ0) is 18.6. The first-order valence-corrected chi connectivity index (χ1v) is 8.57. The molecule has 0 unspecified atom stereocenters. The van der Waals surface area contributed by atoms with Crippen LogP contribution in [0.1, 0.15) is 10.4 Å². The van der Waals surface area contributed by atoms with Crippen molar-refractivity contribution in [2.24, 2.45) is 0 Å². The van der Waals surface area contributed by atoms with Crippen LogP contribution in [-0.2, 0) is 0 Å². The van der Waals surface area contributed by atoms with Crippen molar-refractivity contribution in [1.29, 1.82) is 0 Å². The summed E-state index contributed by atoms with van der Waals surface area (Å²) in [6.07, 6.45) is 1.78. The van der Waals surface area contributed by atoms with E-state index in [0.29, 0.717) is 16.9 Å². The Balaban J connectivity index is 1.50. The van der Waals surface area contributed by atoms with Crippen LogP contribution in [0.5, 0.6) is 0 Å². The van der Waals surface area contributed by atoms with Crippen LogP contribution in [0, 0.1) is 0 Å². The Morgan fingerprint density at radius 1 is 0.815 bits per heavy atom. The molecule has 5 heteroatoms. The van der Waals surface area contributed by atoms with Gasteiger partial charge in [0.15, 0.2) is 0 Å². The number of nitrogens with two attached hydrogens (primary N) is 1. The van der Waals surface area contributed by atoms with E-state index in [1.165, 1.54) is 0 Å². The number of carbonyl (C=O) groups is 1. The summed E-state index contributed by atoms with van der Waals surface area (Å²) in [5.41, 5.74) is 10.4. The van der Waals surface area contributed by atoms with Crippen LogP contribution in [-0.4, -0.2) is 10.9 Å². The summed E-state index contributed by atoms with van der Waals surface area (Å²) in [5.74, 6) is -0.166. The molecule has 0 atom stereocenters. The van der Waals surface area contributed by atoms with E-state index in [4.69, 9.17) is 5.73 Å². The summed E-state index contributed by atoms with van der Waals surface area (Å²) in [7, 11) is 0. The molecule has 0 saturated carbocycles. The Morgan fingerprint density at radius 3 is 2.30 bits per heavy atom. The van der Waals surface area contributed by atoms with Crippen molar-refractivity contribution in [3.05, 3.63) is 90.6 Å². The van der Waals surface area contributed by atoms with E-state index in [1.807, 2.05) is 42.5 Å². The normalized spacial score (nSPS) is 10.5. The number of aromatic nitrogens is 1. The number of para-hydroxylation sites is 1. The predicted molar refractivity (Wildman–Crippen MR) is 110 cm³/mol. The number of nitrogens with one attached hydrogen (secondary N) is 2. The standard InChI is InChI=1S/C22H18N4O/c23-16-7-11-18(12-8-16)26-22(27)15-5-9-17(10-6-15)25-21-13-14-24-20-4-2-1-3-19(20)21/h1-14H,23H2,(H,24,25)(H,26,27). The Kier molecular flexibility index (Phi) is 4.41. The third kappa shape index (κ3) is 3.72. The maximum absolute atomic E-state index is 12.4.